The molecule has 0 bridgehead atoms. The molecule has 1 amide bonds. The van der Waals surface area contributed by atoms with E-state index in [9.17, 15) is 4.79 Å². The quantitative estimate of drug-likeness (QED) is 0.679. The summed E-state index contributed by atoms with van der Waals surface area (Å²) in [4.78, 5) is 15.6. The summed E-state index contributed by atoms with van der Waals surface area (Å²) in [5, 5.41) is 0. The van der Waals surface area contributed by atoms with E-state index in [0.29, 0.717) is 13.0 Å². The molecule has 0 atom stereocenters. The van der Waals surface area contributed by atoms with E-state index in [0.717, 1.165) is 31.4 Å². The van der Waals surface area contributed by atoms with Crippen molar-refractivity contribution < 1.29 is 4.79 Å². The molecule has 16 heavy (non-hydrogen) atoms. The van der Waals surface area contributed by atoms with Crippen molar-refractivity contribution in [1.29, 1.82) is 0 Å². The largest absolute Gasteiger partial charge is 0.330 e. The molecule has 1 rings (SSSR count). The minimum atomic E-state index is 0.0325. The minimum Gasteiger partial charge on any atom is -0.330 e. The second-order valence-electron chi connectivity index (χ2n) is 3.80. The maximum Gasteiger partial charge on any atom is 0.238 e. The Bertz CT molecular complexity index is 322. The van der Waals surface area contributed by atoms with Crippen LogP contribution in [0.15, 0.2) is 12.5 Å². The van der Waals surface area contributed by atoms with Gasteiger partial charge in [-0.1, -0.05) is 19.8 Å². The van der Waals surface area contributed by atoms with E-state index in [1.54, 1.807) is 17.2 Å². The number of carbonyl (C=O) groups is 1. The van der Waals surface area contributed by atoms with E-state index >= 15 is 0 Å². The maximum atomic E-state index is 11.5. The number of rotatable bonds is 7. The Hall–Kier alpha value is -1.36. The summed E-state index contributed by atoms with van der Waals surface area (Å²) in [6.45, 7) is 2.69. The fraction of sp³-hybridized carbons (Fsp3) is 0.636. The van der Waals surface area contributed by atoms with Gasteiger partial charge in [-0.3, -0.25) is 10.2 Å². The monoisotopic (exact) mass is 224 g/mol. The third-order valence-electron chi connectivity index (χ3n) is 2.30. The SMILES string of the molecule is CCCCCC(=O)Nn1cnc(CCN)c1. The highest BCUT2D eigenvalue weighted by Gasteiger charge is 2.02. The predicted molar refractivity (Wildman–Crippen MR) is 63.5 cm³/mol. The van der Waals surface area contributed by atoms with Gasteiger partial charge < -0.3 is 5.73 Å². The third-order valence-corrected chi connectivity index (χ3v) is 2.30. The van der Waals surface area contributed by atoms with Gasteiger partial charge in [0.05, 0.1) is 5.69 Å². The number of imidazole rings is 1. The Kier molecular flexibility index (Phi) is 5.56. The number of nitrogens with two attached hydrogens (primary N) is 1. The molecule has 0 aliphatic rings. The molecule has 3 N–H and O–H groups in total. The van der Waals surface area contributed by atoms with Gasteiger partial charge in [-0.05, 0) is 13.0 Å². The third kappa shape index (κ3) is 4.44. The number of unbranched alkanes of at least 4 members (excludes halogenated alkanes) is 2. The van der Waals surface area contributed by atoms with Crippen molar-refractivity contribution in [3.8, 4) is 0 Å². The smallest absolute Gasteiger partial charge is 0.238 e. The zero-order valence-electron chi connectivity index (χ0n) is 9.78. The van der Waals surface area contributed by atoms with Crippen LogP contribution in [-0.4, -0.2) is 22.1 Å². The van der Waals surface area contributed by atoms with Crippen LogP contribution >= 0.6 is 0 Å². The first-order valence-corrected chi connectivity index (χ1v) is 5.79. The van der Waals surface area contributed by atoms with Crippen molar-refractivity contribution in [2.45, 2.75) is 39.0 Å². The number of hydrogen-bond acceptors (Lipinski definition) is 3. The molecular formula is C11H20N4O. The Balaban J connectivity index is 2.31. The van der Waals surface area contributed by atoms with E-state index in [-0.39, 0.29) is 5.91 Å². The van der Waals surface area contributed by atoms with Crippen LogP contribution in [0.1, 0.15) is 38.3 Å². The van der Waals surface area contributed by atoms with Gasteiger partial charge in [-0.15, -0.1) is 0 Å². The molecule has 0 spiro atoms. The molecule has 5 heteroatoms. The zero-order chi connectivity index (χ0) is 11.8. The molecule has 1 aromatic heterocycles. The Morgan fingerprint density at radius 3 is 3.06 bits per heavy atom. The van der Waals surface area contributed by atoms with Crippen LogP contribution in [0.25, 0.3) is 0 Å². The van der Waals surface area contributed by atoms with Crippen molar-refractivity contribution in [1.82, 2.24) is 9.66 Å². The molecule has 0 aliphatic carbocycles. The van der Waals surface area contributed by atoms with Crippen molar-refractivity contribution in [3.05, 3.63) is 18.2 Å². The lowest BCUT2D eigenvalue weighted by Crippen LogP contribution is -2.21. The molecule has 0 radical (unpaired) electrons. The lowest BCUT2D eigenvalue weighted by Gasteiger charge is -2.04. The molecule has 0 saturated carbocycles. The van der Waals surface area contributed by atoms with Gasteiger partial charge in [0, 0.05) is 19.0 Å². The highest BCUT2D eigenvalue weighted by molar-refractivity contribution is 5.83. The maximum absolute atomic E-state index is 11.5. The molecule has 0 unspecified atom stereocenters. The summed E-state index contributed by atoms with van der Waals surface area (Å²) in [6, 6.07) is 0. The van der Waals surface area contributed by atoms with E-state index in [1.807, 2.05) is 0 Å². The molecule has 1 heterocycles. The predicted octanol–water partition coefficient (Wildman–Crippen LogP) is 1.03. The van der Waals surface area contributed by atoms with E-state index in [1.165, 1.54) is 0 Å². The summed E-state index contributed by atoms with van der Waals surface area (Å²) in [7, 11) is 0. The van der Waals surface area contributed by atoms with Crippen molar-refractivity contribution in [2.75, 3.05) is 12.0 Å². The first-order valence-electron chi connectivity index (χ1n) is 5.79. The van der Waals surface area contributed by atoms with E-state index in [2.05, 4.69) is 17.3 Å². The lowest BCUT2D eigenvalue weighted by molar-refractivity contribution is -0.117. The molecule has 5 nitrogen and oxygen atoms in total. The number of carbonyl (C=O) groups excluding carboxylic acids is 1. The summed E-state index contributed by atoms with van der Waals surface area (Å²) < 4.78 is 1.60. The summed E-state index contributed by atoms with van der Waals surface area (Å²) in [5.74, 6) is 0.0325. The summed E-state index contributed by atoms with van der Waals surface area (Å²) >= 11 is 0. The second kappa shape index (κ2) is 7.00. The van der Waals surface area contributed by atoms with Crippen LogP contribution in [0.4, 0.5) is 0 Å². The van der Waals surface area contributed by atoms with Gasteiger partial charge in [0.15, 0.2) is 0 Å². The lowest BCUT2D eigenvalue weighted by atomic mass is 10.2. The molecule has 0 aliphatic heterocycles. The molecular weight excluding hydrogens is 204 g/mol. The number of nitrogens with zero attached hydrogens (tertiary/aromatic N) is 2. The molecule has 90 valence electrons. The number of aromatic nitrogens is 2. The van der Waals surface area contributed by atoms with Gasteiger partial charge in [-0.25, -0.2) is 9.66 Å². The average Bonchev–Trinajstić information content (AvgIpc) is 2.66. The molecule has 1 aromatic rings. The van der Waals surface area contributed by atoms with Crippen LogP contribution in [0.3, 0.4) is 0 Å². The average molecular weight is 224 g/mol. The Morgan fingerprint density at radius 2 is 2.38 bits per heavy atom. The van der Waals surface area contributed by atoms with Crippen molar-refractivity contribution in [2.24, 2.45) is 5.73 Å². The van der Waals surface area contributed by atoms with Crippen LogP contribution in [0.5, 0.6) is 0 Å². The van der Waals surface area contributed by atoms with Gasteiger partial charge in [-0.2, -0.15) is 0 Å². The Labute approximate surface area is 96.0 Å². The molecule has 0 aromatic carbocycles. The fourth-order valence-corrected chi connectivity index (χ4v) is 1.44. The summed E-state index contributed by atoms with van der Waals surface area (Å²) in [5.41, 5.74) is 9.07. The van der Waals surface area contributed by atoms with Gasteiger partial charge >= 0.3 is 0 Å². The van der Waals surface area contributed by atoms with Gasteiger partial charge in [0.1, 0.15) is 6.33 Å². The van der Waals surface area contributed by atoms with Crippen LogP contribution in [-0.2, 0) is 11.2 Å². The highest BCUT2D eigenvalue weighted by atomic mass is 16.2. The topological polar surface area (TPSA) is 72.9 Å². The van der Waals surface area contributed by atoms with Crippen molar-refractivity contribution in [3.63, 3.8) is 0 Å². The standard InChI is InChI=1S/C11H20N4O/c1-2-3-4-5-11(16)14-15-8-10(6-7-12)13-9-15/h8-9H,2-7,12H2,1H3,(H,14,16). The van der Waals surface area contributed by atoms with E-state index < -0.39 is 0 Å². The van der Waals surface area contributed by atoms with Gasteiger partial charge in [0.2, 0.25) is 5.91 Å². The second-order valence-corrected chi connectivity index (χ2v) is 3.80. The first kappa shape index (κ1) is 12.7. The Morgan fingerprint density at radius 1 is 1.56 bits per heavy atom. The van der Waals surface area contributed by atoms with Gasteiger partial charge in [0.25, 0.3) is 0 Å². The fourth-order valence-electron chi connectivity index (χ4n) is 1.44. The van der Waals surface area contributed by atoms with Crippen LogP contribution < -0.4 is 11.2 Å². The molecule has 0 fully saturated rings. The summed E-state index contributed by atoms with van der Waals surface area (Å²) in [6.07, 6.45) is 7.85. The molecule has 0 saturated heterocycles. The number of amides is 1. The van der Waals surface area contributed by atoms with Crippen LogP contribution in [0.2, 0.25) is 0 Å². The zero-order valence-corrected chi connectivity index (χ0v) is 9.78. The highest BCUT2D eigenvalue weighted by Crippen LogP contribution is 2.00. The van der Waals surface area contributed by atoms with Crippen LogP contribution in [0, 0.1) is 0 Å². The number of nitrogens with one attached hydrogen (secondary N) is 1. The first-order chi connectivity index (χ1) is 7.76. The number of hydrogen-bond donors (Lipinski definition) is 2. The van der Waals surface area contributed by atoms with Crippen molar-refractivity contribution >= 4 is 5.91 Å². The van der Waals surface area contributed by atoms with E-state index in [4.69, 9.17) is 5.73 Å². The minimum absolute atomic E-state index is 0.0325. The normalized spacial score (nSPS) is 10.4.